The van der Waals surface area contributed by atoms with Gasteiger partial charge in [0.2, 0.25) is 0 Å². The number of aliphatic imine (C=N–C) groups is 1. The Bertz CT molecular complexity index is 119. The molecule has 1 nitrogen and oxygen atoms in total. The molecule has 1 atom stereocenters. The average Bonchev–Trinajstić information content (AvgIpc) is 2.16. The van der Waals surface area contributed by atoms with Gasteiger partial charge in [-0.05, 0) is 12.3 Å². The lowest BCUT2D eigenvalue weighted by molar-refractivity contribution is 0.327. The topological polar surface area (TPSA) is 12.4 Å². The van der Waals surface area contributed by atoms with Crippen molar-refractivity contribution in [2.45, 2.75) is 33.2 Å². The van der Waals surface area contributed by atoms with E-state index in [-0.39, 0.29) is 5.54 Å². The van der Waals surface area contributed by atoms with E-state index in [4.69, 9.17) is 0 Å². The van der Waals surface area contributed by atoms with Crippen molar-refractivity contribution in [1.29, 1.82) is 0 Å². The lowest BCUT2D eigenvalue weighted by atomic mass is 9.81. The summed E-state index contributed by atoms with van der Waals surface area (Å²) in [6.07, 6.45) is 2.02. The number of hydrogen-bond donors (Lipinski definition) is 0. The van der Waals surface area contributed by atoms with Crippen LogP contribution < -0.4 is 0 Å². The largest absolute Gasteiger partial charge is 0.282 e. The molecule has 0 fully saturated rings. The summed E-state index contributed by atoms with van der Waals surface area (Å²) < 4.78 is 0. The van der Waals surface area contributed by atoms with E-state index in [0.29, 0.717) is 5.41 Å². The van der Waals surface area contributed by atoms with Gasteiger partial charge in [0.25, 0.3) is 0 Å². The molecule has 0 amide bonds. The minimum Gasteiger partial charge on any atom is -0.282 e. The SMILES string of the molecule is CC(C)(C)C1(C)C=N1. The molecule has 0 bridgehead atoms. The molecule has 1 aliphatic rings. The number of hydrogen-bond acceptors (Lipinski definition) is 1. The van der Waals surface area contributed by atoms with Crippen LogP contribution in [0.5, 0.6) is 0 Å². The highest BCUT2D eigenvalue weighted by Gasteiger charge is 2.42. The average molecular weight is 111 g/mol. The Labute approximate surface area is 50.8 Å². The van der Waals surface area contributed by atoms with E-state index in [1.165, 1.54) is 0 Å². The zero-order valence-electron chi connectivity index (χ0n) is 6.02. The van der Waals surface area contributed by atoms with Crippen LogP contribution in [-0.4, -0.2) is 11.8 Å². The fraction of sp³-hybridized carbons (Fsp3) is 0.857. The van der Waals surface area contributed by atoms with Gasteiger partial charge in [0, 0.05) is 6.21 Å². The first-order valence-corrected chi connectivity index (χ1v) is 3.02. The van der Waals surface area contributed by atoms with E-state index in [1.54, 1.807) is 0 Å². The van der Waals surface area contributed by atoms with Gasteiger partial charge in [-0.2, -0.15) is 0 Å². The first kappa shape index (κ1) is 5.80. The zero-order valence-corrected chi connectivity index (χ0v) is 6.02. The smallest absolute Gasteiger partial charge is 0.0970 e. The maximum atomic E-state index is 4.18. The summed E-state index contributed by atoms with van der Waals surface area (Å²) in [7, 11) is 0. The molecular weight excluding hydrogens is 98.1 g/mol. The fourth-order valence-corrected chi connectivity index (χ4v) is 0.484. The van der Waals surface area contributed by atoms with Gasteiger partial charge >= 0.3 is 0 Å². The Kier molecular flexibility index (Phi) is 0.832. The molecule has 0 N–H and O–H groups in total. The molecule has 0 radical (unpaired) electrons. The molecule has 1 heteroatoms. The normalized spacial score (nSPS) is 35.5. The van der Waals surface area contributed by atoms with Crippen molar-refractivity contribution in [2.24, 2.45) is 10.4 Å². The molecule has 0 aliphatic carbocycles. The summed E-state index contributed by atoms with van der Waals surface area (Å²) in [6, 6.07) is 0. The second-order valence-electron chi connectivity index (χ2n) is 3.66. The van der Waals surface area contributed by atoms with E-state index in [2.05, 4.69) is 32.7 Å². The highest BCUT2D eigenvalue weighted by molar-refractivity contribution is 5.84. The zero-order chi connectivity index (χ0) is 6.41. The molecule has 46 valence electrons. The van der Waals surface area contributed by atoms with Crippen molar-refractivity contribution in [2.75, 3.05) is 0 Å². The first-order valence-electron chi connectivity index (χ1n) is 3.02. The lowest BCUT2D eigenvalue weighted by Crippen LogP contribution is -2.27. The summed E-state index contributed by atoms with van der Waals surface area (Å²) in [6.45, 7) is 8.78. The van der Waals surface area contributed by atoms with Crippen molar-refractivity contribution < 1.29 is 0 Å². The second-order valence-corrected chi connectivity index (χ2v) is 3.66. The summed E-state index contributed by atoms with van der Waals surface area (Å²) in [5, 5.41) is 0. The van der Waals surface area contributed by atoms with Crippen molar-refractivity contribution in [3.8, 4) is 0 Å². The van der Waals surface area contributed by atoms with Gasteiger partial charge in [-0.15, -0.1) is 0 Å². The minimum atomic E-state index is 0.188. The molecule has 1 heterocycles. The van der Waals surface area contributed by atoms with Gasteiger partial charge in [0.15, 0.2) is 0 Å². The number of nitrogens with zero attached hydrogens (tertiary/aromatic N) is 1. The third-order valence-electron chi connectivity index (χ3n) is 2.03. The molecule has 0 aromatic heterocycles. The highest BCUT2D eigenvalue weighted by atomic mass is 15.0. The Morgan fingerprint density at radius 2 is 1.75 bits per heavy atom. The minimum absolute atomic E-state index is 0.188. The Morgan fingerprint density at radius 3 is 1.75 bits per heavy atom. The second kappa shape index (κ2) is 1.15. The van der Waals surface area contributed by atoms with Crippen molar-refractivity contribution >= 4 is 6.21 Å². The van der Waals surface area contributed by atoms with Crippen LogP contribution in [0.2, 0.25) is 0 Å². The van der Waals surface area contributed by atoms with Crippen LogP contribution in [-0.2, 0) is 0 Å². The van der Waals surface area contributed by atoms with Gasteiger partial charge in [0.1, 0.15) is 0 Å². The molecule has 0 aromatic carbocycles. The van der Waals surface area contributed by atoms with E-state index < -0.39 is 0 Å². The fourth-order valence-electron chi connectivity index (χ4n) is 0.484. The molecule has 0 aromatic rings. The van der Waals surface area contributed by atoms with Crippen molar-refractivity contribution in [3.63, 3.8) is 0 Å². The van der Waals surface area contributed by atoms with Crippen LogP contribution in [0, 0.1) is 5.41 Å². The molecule has 0 saturated heterocycles. The van der Waals surface area contributed by atoms with Gasteiger partial charge in [0.05, 0.1) is 5.54 Å². The Balaban J connectivity index is 2.61. The van der Waals surface area contributed by atoms with Crippen LogP contribution >= 0.6 is 0 Å². The Hall–Kier alpha value is -0.330. The monoisotopic (exact) mass is 111 g/mol. The van der Waals surface area contributed by atoms with E-state index in [9.17, 15) is 0 Å². The molecule has 0 saturated carbocycles. The van der Waals surface area contributed by atoms with Crippen LogP contribution in [0.25, 0.3) is 0 Å². The lowest BCUT2D eigenvalue weighted by Gasteiger charge is -2.24. The first-order chi connectivity index (χ1) is 3.46. The van der Waals surface area contributed by atoms with Crippen LogP contribution in [0.15, 0.2) is 4.99 Å². The van der Waals surface area contributed by atoms with Crippen LogP contribution in [0.4, 0.5) is 0 Å². The molecule has 0 spiro atoms. The Morgan fingerprint density at radius 1 is 1.38 bits per heavy atom. The molecule has 1 rings (SSSR count). The van der Waals surface area contributed by atoms with Crippen LogP contribution in [0.1, 0.15) is 27.7 Å². The summed E-state index contributed by atoms with van der Waals surface area (Å²) >= 11 is 0. The molecule has 1 unspecified atom stereocenters. The van der Waals surface area contributed by atoms with Crippen molar-refractivity contribution in [1.82, 2.24) is 0 Å². The van der Waals surface area contributed by atoms with E-state index in [1.807, 2.05) is 6.21 Å². The van der Waals surface area contributed by atoms with Crippen LogP contribution in [0.3, 0.4) is 0 Å². The molecule has 1 aliphatic heterocycles. The predicted octanol–water partition coefficient (Wildman–Crippen LogP) is 1.88. The standard InChI is InChI=1S/C7H13N/c1-6(2,3)7(4)5-8-7/h5H,1-4H3. The highest BCUT2D eigenvalue weighted by Crippen LogP contribution is 2.38. The summed E-state index contributed by atoms with van der Waals surface area (Å²) in [5.74, 6) is 0. The quantitative estimate of drug-likeness (QED) is 0.452. The van der Waals surface area contributed by atoms with Gasteiger partial charge < -0.3 is 0 Å². The van der Waals surface area contributed by atoms with Crippen molar-refractivity contribution in [3.05, 3.63) is 0 Å². The molecular formula is C7H13N. The summed E-state index contributed by atoms with van der Waals surface area (Å²) in [5.41, 5.74) is 0.514. The van der Waals surface area contributed by atoms with Gasteiger partial charge in [-0.3, -0.25) is 4.99 Å². The van der Waals surface area contributed by atoms with E-state index in [0.717, 1.165) is 0 Å². The number of rotatable bonds is 0. The van der Waals surface area contributed by atoms with E-state index >= 15 is 0 Å². The maximum absolute atomic E-state index is 4.18. The maximum Gasteiger partial charge on any atom is 0.0970 e. The summed E-state index contributed by atoms with van der Waals surface area (Å²) in [4.78, 5) is 4.18. The third-order valence-corrected chi connectivity index (χ3v) is 2.03. The van der Waals surface area contributed by atoms with Gasteiger partial charge in [-0.1, -0.05) is 20.8 Å². The molecule has 8 heavy (non-hydrogen) atoms. The predicted molar refractivity (Wildman–Crippen MR) is 36.4 cm³/mol. The third kappa shape index (κ3) is 0.662. The van der Waals surface area contributed by atoms with Gasteiger partial charge in [-0.25, -0.2) is 0 Å².